The molecule has 1 aromatic heterocycles. The predicted octanol–water partition coefficient (Wildman–Crippen LogP) is 1.89. The van der Waals surface area contributed by atoms with Gasteiger partial charge in [-0.2, -0.15) is 4.31 Å². The van der Waals surface area contributed by atoms with E-state index < -0.39 is 10.0 Å². The highest BCUT2D eigenvalue weighted by molar-refractivity contribution is 9.10. The summed E-state index contributed by atoms with van der Waals surface area (Å²) in [5.41, 5.74) is 2.29. The van der Waals surface area contributed by atoms with Crippen molar-refractivity contribution in [2.45, 2.75) is 23.9 Å². The van der Waals surface area contributed by atoms with Gasteiger partial charge >= 0.3 is 0 Å². The molecule has 1 unspecified atom stereocenters. The minimum absolute atomic E-state index is 0.0781. The molecule has 0 spiro atoms. The number of nitrogens with zero attached hydrogens (tertiary/aromatic N) is 4. The van der Waals surface area contributed by atoms with Gasteiger partial charge in [-0.1, -0.05) is 29.5 Å². The first kappa shape index (κ1) is 14.7. The smallest absolute Gasteiger partial charge is 0.235 e. The van der Waals surface area contributed by atoms with Gasteiger partial charge in [0.1, 0.15) is 0 Å². The molecule has 1 atom stereocenters. The molecular weight excluding hydrogens is 356 g/mol. The number of aryl methyl sites for hydroxylation is 2. The van der Waals surface area contributed by atoms with Crippen LogP contribution in [0.4, 0.5) is 0 Å². The molecule has 2 aromatic rings. The maximum Gasteiger partial charge on any atom is 0.263 e. The van der Waals surface area contributed by atoms with Gasteiger partial charge in [0.05, 0.1) is 6.04 Å². The van der Waals surface area contributed by atoms with Crippen LogP contribution in [-0.4, -0.2) is 34.8 Å². The number of hydrogen-bond donors (Lipinski definition) is 0. The van der Waals surface area contributed by atoms with E-state index in [1.165, 1.54) is 14.6 Å². The molecular formula is C13H15BrN4O2S. The molecule has 0 bridgehead atoms. The number of aromatic nitrogens is 3. The molecule has 0 amide bonds. The van der Waals surface area contributed by atoms with E-state index >= 15 is 0 Å². The van der Waals surface area contributed by atoms with Gasteiger partial charge in [-0.25, -0.2) is 13.1 Å². The van der Waals surface area contributed by atoms with Gasteiger partial charge in [0.15, 0.2) is 4.60 Å². The van der Waals surface area contributed by atoms with Crippen LogP contribution in [0.2, 0.25) is 0 Å². The van der Waals surface area contributed by atoms with Gasteiger partial charge in [-0.05, 0) is 39.9 Å². The molecule has 0 fully saturated rings. The van der Waals surface area contributed by atoms with E-state index in [-0.39, 0.29) is 15.7 Å². The zero-order valence-electron chi connectivity index (χ0n) is 11.7. The Labute approximate surface area is 131 Å². The topological polar surface area (TPSA) is 68.1 Å². The maximum atomic E-state index is 12.8. The molecule has 112 valence electrons. The van der Waals surface area contributed by atoms with Gasteiger partial charge in [-0.15, -0.1) is 5.10 Å². The molecule has 1 heterocycles. The first-order chi connectivity index (χ1) is 9.93. The quantitative estimate of drug-likeness (QED) is 0.826. The Morgan fingerprint density at radius 3 is 2.76 bits per heavy atom. The average Bonchev–Trinajstić information content (AvgIpc) is 3.01. The van der Waals surface area contributed by atoms with E-state index in [1.54, 1.807) is 14.1 Å². The van der Waals surface area contributed by atoms with Crippen LogP contribution in [0.25, 0.3) is 0 Å². The standard InChI is InChI=1S/C13H15BrN4O2S/c1-17-13(12(14)15-16-17)21(19,20)18(2)11-8-7-9-5-3-4-6-10(9)11/h3-6,11H,7-8H2,1-2H3. The summed E-state index contributed by atoms with van der Waals surface area (Å²) in [4.78, 5) is 0. The zero-order valence-corrected chi connectivity index (χ0v) is 14.1. The fourth-order valence-corrected chi connectivity index (χ4v) is 5.20. The van der Waals surface area contributed by atoms with Crippen molar-refractivity contribution in [1.29, 1.82) is 0 Å². The molecule has 0 saturated heterocycles. The summed E-state index contributed by atoms with van der Waals surface area (Å²) in [5, 5.41) is 7.59. The highest BCUT2D eigenvalue weighted by Crippen LogP contribution is 2.38. The van der Waals surface area contributed by atoms with E-state index in [9.17, 15) is 8.42 Å². The highest BCUT2D eigenvalue weighted by Gasteiger charge is 2.36. The van der Waals surface area contributed by atoms with E-state index in [1.807, 2.05) is 18.2 Å². The molecule has 3 rings (SSSR count). The van der Waals surface area contributed by atoms with Gasteiger partial charge < -0.3 is 0 Å². The van der Waals surface area contributed by atoms with Crippen molar-refractivity contribution in [3.63, 3.8) is 0 Å². The van der Waals surface area contributed by atoms with Gasteiger partial charge in [-0.3, -0.25) is 0 Å². The third-order valence-electron chi connectivity index (χ3n) is 3.90. The lowest BCUT2D eigenvalue weighted by Gasteiger charge is -2.24. The summed E-state index contributed by atoms with van der Waals surface area (Å²) in [6, 6.07) is 7.83. The van der Waals surface area contributed by atoms with E-state index in [0.717, 1.165) is 18.4 Å². The lowest BCUT2D eigenvalue weighted by molar-refractivity contribution is 0.370. The zero-order chi connectivity index (χ0) is 15.2. The third-order valence-corrected chi connectivity index (χ3v) is 6.66. The first-order valence-corrected chi connectivity index (χ1v) is 8.77. The normalized spacial score (nSPS) is 18.2. The van der Waals surface area contributed by atoms with Crippen LogP contribution in [0.15, 0.2) is 33.9 Å². The minimum Gasteiger partial charge on any atom is -0.235 e. The second-order valence-electron chi connectivity index (χ2n) is 5.08. The predicted molar refractivity (Wildman–Crippen MR) is 81.2 cm³/mol. The van der Waals surface area contributed by atoms with Crippen LogP contribution in [0.3, 0.4) is 0 Å². The second kappa shape index (κ2) is 5.19. The summed E-state index contributed by atoms with van der Waals surface area (Å²) in [6.07, 6.45) is 1.68. The molecule has 1 aliphatic rings. The fraction of sp³-hybridized carbons (Fsp3) is 0.385. The van der Waals surface area contributed by atoms with Crippen molar-refractivity contribution in [1.82, 2.24) is 19.3 Å². The van der Waals surface area contributed by atoms with E-state index in [4.69, 9.17) is 0 Å². The number of hydrogen-bond acceptors (Lipinski definition) is 4. The lowest BCUT2D eigenvalue weighted by atomic mass is 10.1. The van der Waals surface area contributed by atoms with Crippen molar-refractivity contribution in [3.05, 3.63) is 40.0 Å². The van der Waals surface area contributed by atoms with Gasteiger partial charge in [0.2, 0.25) is 5.03 Å². The molecule has 21 heavy (non-hydrogen) atoms. The first-order valence-electron chi connectivity index (χ1n) is 6.54. The number of benzene rings is 1. The molecule has 0 N–H and O–H groups in total. The van der Waals surface area contributed by atoms with Crippen LogP contribution < -0.4 is 0 Å². The van der Waals surface area contributed by atoms with Crippen LogP contribution in [0.1, 0.15) is 23.6 Å². The number of fused-ring (bicyclic) bond motifs is 1. The van der Waals surface area contributed by atoms with Crippen molar-refractivity contribution in [3.8, 4) is 0 Å². The number of sulfonamides is 1. The summed E-state index contributed by atoms with van der Waals surface area (Å²) in [7, 11) is -0.476. The minimum atomic E-state index is -3.66. The van der Waals surface area contributed by atoms with Gasteiger partial charge in [0, 0.05) is 14.1 Å². The molecule has 8 heteroatoms. The van der Waals surface area contributed by atoms with Crippen molar-refractivity contribution >= 4 is 26.0 Å². The van der Waals surface area contributed by atoms with Crippen molar-refractivity contribution in [2.75, 3.05) is 7.05 Å². The van der Waals surface area contributed by atoms with Crippen molar-refractivity contribution < 1.29 is 8.42 Å². The summed E-state index contributed by atoms with van der Waals surface area (Å²) >= 11 is 3.16. The average molecular weight is 371 g/mol. The summed E-state index contributed by atoms with van der Waals surface area (Å²) < 4.78 is 28.6. The van der Waals surface area contributed by atoms with Crippen molar-refractivity contribution in [2.24, 2.45) is 7.05 Å². The third kappa shape index (κ3) is 2.31. The lowest BCUT2D eigenvalue weighted by Crippen LogP contribution is -2.31. The molecule has 0 aliphatic heterocycles. The molecule has 6 nitrogen and oxygen atoms in total. The van der Waals surface area contributed by atoms with E-state index in [2.05, 4.69) is 32.3 Å². The second-order valence-corrected chi connectivity index (χ2v) is 7.75. The monoisotopic (exact) mass is 370 g/mol. The molecule has 1 aromatic carbocycles. The maximum absolute atomic E-state index is 12.8. The Morgan fingerprint density at radius 1 is 1.38 bits per heavy atom. The van der Waals surface area contributed by atoms with Crippen LogP contribution in [-0.2, 0) is 23.5 Å². The molecule has 0 radical (unpaired) electrons. The summed E-state index contributed by atoms with van der Waals surface area (Å²) in [5.74, 6) is 0. The Balaban J connectivity index is 2.02. The number of rotatable bonds is 3. The molecule has 1 aliphatic carbocycles. The molecule has 0 saturated carbocycles. The Hall–Kier alpha value is -1.25. The SMILES string of the molecule is CN(C1CCc2ccccc21)S(=O)(=O)c1c(Br)nnn1C. The fourth-order valence-electron chi connectivity index (χ4n) is 2.81. The summed E-state index contributed by atoms with van der Waals surface area (Å²) in [6.45, 7) is 0. The largest absolute Gasteiger partial charge is 0.263 e. The van der Waals surface area contributed by atoms with Crippen LogP contribution in [0, 0.1) is 0 Å². The Bertz CT molecular complexity index is 768. The number of halogens is 1. The Morgan fingerprint density at radius 2 is 2.10 bits per heavy atom. The van der Waals surface area contributed by atoms with Gasteiger partial charge in [0.25, 0.3) is 10.0 Å². The van der Waals surface area contributed by atoms with Crippen LogP contribution >= 0.6 is 15.9 Å². The highest BCUT2D eigenvalue weighted by atomic mass is 79.9. The van der Waals surface area contributed by atoms with E-state index in [0.29, 0.717) is 0 Å². The Kier molecular flexibility index (Phi) is 3.62. The van der Waals surface area contributed by atoms with Crippen LogP contribution in [0.5, 0.6) is 0 Å².